The van der Waals surface area contributed by atoms with E-state index in [2.05, 4.69) is 16.3 Å². The number of hydrogen-bond acceptors (Lipinski definition) is 5. The van der Waals surface area contributed by atoms with E-state index in [0.717, 1.165) is 16.5 Å². The summed E-state index contributed by atoms with van der Waals surface area (Å²) in [5, 5.41) is 17.9. The summed E-state index contributed by atoms with van der Waals surface area (Å²) >= 11 is 1.60. The summed E-state index contributed by atoms with van der Waals surface area (Å²) in [4.78, 5) is 0. The highest BCUT2D eigenvalue weighted by molar-refractivity contribution is 7.98. The monoisotopic (exact) mass is 296 g/mol. The molecule has 0 bridgehead atoms. The van der Waals surface area contributed by atoms with Crippen LogP contribution in [0.15, 0.2) is 52.2 Å². The fourth-order valence-electron chi connectivity index (χ4n) is 1.88. The van der Waals surface area contributed by atoms with Gasteiger partial charge in [-0.1, -0.05) is 23.9 Å². The van der Waals surface area contributed by atoms with Crippen LogP contribution in [0.4, 0.5) is 0 Å². The van der Waals surface area contributed by atoms with Gasteiger partial charge in [0.25, 0.3) is 0 Å². The average molecular weight is 296 g/mol. The van der Waals surface area contributed by atoms with Gasteiger partial charge >= 0.3 is 0 Å². The minimum atomic E-state index is 0.669. The molecule has 104 valence electrons. The van der Waals surface area contributed by atoms with Crippen LogP contribution < -0.4 is 0 Å². The first kappa shape index (κ1) is 13.5. The highest BCUT2D eigenvalue weighted by Gasteiger charge is 2.13. The Hall–Kier alpha value is -2.52. The number of benzene rings is 1. The molecule has 2 aromatic heterocycles. The average Bonchev–Trinajstić information content (AvgIpc) is 3.15. The van der Waals surface area contributed by atoms with Crippen molar-refractivity contribution in [2.45, 2.75) is 10.9 Å². The molecule has 0 aliphatic carbocycles. The van der Waals surface area contributed by atoms with E-state index in [4.69, 9.17) is 9.68 Å². The largest absolute Gasteiger partial charge is 0.461 e. The van der Waals surface area contributed by atoms with E-state index < -0.39 is 0 Å². The van der Waals surface area contributed by atoms with Crippen molar-refractivity contribution in [3.05, 3.63) is 53.8 Å². The van der Waals surface area contributed by atoms with Crippen molar-refractivity contribution in [1.29, 1.82) is 5.26 Å². The quantitative estimate of drug-likeness (QED) is 0.691. The second kappa shape index (κ2) is 5.85. The molecule has 0 saturated carbocycles. The van der Waals surface area contributed by atoms with E-state index in [1.807, 2.05) is 48.0 Å². The smallest absolute Gasteiger partial charge is 0.200 e. The molecule has 0 fully saturated rings. The van der Waals surface area contributed by atoms with Gasteiger partial charge in [-0.05, 0) is 29.8 Å². The van der Waals surface area contributed by atoms with Crippen molar-refractivity contribution in [1.82, 2.24) is 14.8 Å². The molecule has 3 aromatic rings. The van der Waals surface area contributed by atoms with Crippen LogP contribution in [0.1, 0.15) is 11.1 Å². The van der Waals surface area contributed by atoms with E-state index in [-0.39, 0.29) is 0 Å². The van der Waals surface area contributed by atoms with Gasteiger partial charge in [0.05, 0.1) is 17.9 Å². The lowest BCUT2D eigenvalue weighted by Crippen LogP contribution is -1.94. The molecule has 0 amide bonds. The highest BCUT2D eigenvalue weighted by atomic mass is 32.2. The number of nitrogens with zero attached hydrogens (tertiary/aromatic N) is 4. The Morgan fingerprint density at radius 2 is 2.05 bits per heavy atom. The molecular formula is C15H12N4OS. The minimum Gasteiger partial charge on any atom is -0.461 e. The molecule has 0 aliphatic heterocycles. The minimum absolute atomic E-state index is 0.669. The molecule has 21 heavy (non-hydrogen) atoms. The molecule has 0 N–H and O–H groups in total. The van der Waals surface area contributed by atoms with E-state index in [0.29, 0.717) is 17.1 Å². The Labute approximate surface area is 126 Å². The third-order valence-corrected chi connectivity index (χ3v) is 4.12. The van der Waals surface area contributed by atoms with Gasteiger partial charge in [0.15, 0.2) is 16.7 Å². The van der Waals surface area contributed by atoms with E-state index >= 15 is 0 Å². The van der Waals surface area contributed by atoms with Gasteiger partial charge in [-0.2, -0.15) is 5.26 Å². The van der Waals surface area contributed by atoms with Gasteiger partial charge < -0.3 is 8.98 Å². The second-order valence-electron chi connectivity index (χ2n) is 4.44. The van der Waals surface area contributed by atoms with Gasteiger partial charge in [-0.3, -0.25) is 0 Å². The Balaban J connectivity index is 1.72. The van der Waals surface area contributed by atoms with Crippen LogP contribution in [0.5, 0.6) is 0 Å². The second-order valence-corrected chi connectivity index (χ2v) is 5.38. The standard InChI is InChI=1S/C15H12N4OS/c1-19-14(13-3-2-8-20-13)17-18-15(19)21-10-12-6-4-11(9-16)5-7-12/h2-8H,10H2,1H3. The molecule has 5 nitrogen and oxygen atoms in total. The van der Waals surface area contributed by atoms with E-state index in [9.17, 15) is 0 Å². The molecule has 2 heterocycles. The molecule has 0 spiro atoms. The molecule has 0 radical (unpaired) electrons. The maximum absolute atomic E-state index is 8.78. The first-order valence-corrected chi connectivity index (χ1v) is 7.31. The molecule has 0 unspecified atom stereocenters. The predicted octanol–water partition coefficient (Wildman–Crippen LogP) is 3.24. The van der Waals surface area contributed by atoms with Crippen molar-refractivity contribution < 1.29 is 4.42 Å². The zero-order valence-electron chi connectivity index (χ0n) is 11.4. The van der Waals surface area contributed by atoms with Crippen molar-refractivity contribution >= 4 is 11.8 Å². The van der Waals surface area contributed by atoms with E-state index in [1.54, 1.807) is 18.0 Å². The Bertz CT molecular complexity index is 769. The summed E-state index contributed by atoms with van der Waals surface area (Å²) in [6.45, 7) is 0. The van der Waals surface area contributed by atoms with Gasteiger partial charge in [0.2, 0.25) is 0 Å². The Kier molecular flexibility index (Phi) is 3.75. The Morgan fingerprint density at radius 1 is 1.24 bits per heavy atom. The lowest BCUT2D eigenvalue weighted by Gasteiger charge is -2.02. The number of aromatic nitrogens is 3. The molecule has 0 aliphatic rings. The number of thioether (sulfide) groups is 1. The predicted molar refractivity (Wildman–Crippen MR) is 79.4 cm³/mol. The van der Waals surface area contributed by atoms with Crippen molar-refractivity contribution in [2.24, 2.45) is 7.05 Å². The third kappa shape index (κ3) is 2.83. The summed E-state index contributed by atoms with van der Waals surface area (Å²) in [7, 11) is 1.92. The number of furan rings is 1. The van der Waals surface area contributed by atoms with Crippen LogP contribution in [0.3, 0.4) is 0 Å². The van der Waals surface area contributed by atoms with Crippen molar-refractivity contribution in [2.75, 3.05) is 0 Å². The fourth-order valence-corrected chi connectivity index (χ4v) is 2.75. The first-order valence-electron chi connectivity index (χ1n) is 6.33. The summed E-state index contributed by atoms with van der Waals surface area (Å²) in [5.74, 6) is 2.19. The molecule has 3 rings (SSSR count). The SMILES string of the molecule is Cn1c(SCc2ccc(C#N)cc2)nnc1-c1ccco1. The third-order valence-electron chi connectivity index (χ3n) is 3.03. The highest BCUT2D eigenvalue weighted by Crippen LogP contribution is 2.25. The lowest BCUT2D eigenvalue weighted by atomic mass is 10.2. The summed E-state index contributed by atoms with van der Waals surface area (Å²) in [6, 6.07) is 13.3. The van der Waals surface area contributed by atoms with Crippen LogP contribution in [0, 0.1) is 11.3 Å². The van der Waals surface area contributed by atoms with E-state index in [1.165, 1.54) is 0 Å². The van der Waals surface area contributed by atoms with Crippen LogP contribution in [0.25, 0.3) is 11.6 Å². The number of hydrogen-bond donors (Lipinski definition) is 0. The topological polar surface area (TPSA) is 67.6 Å². The lowest BCUT2D eigenvalue weighted by molar-refractivity contribution is 0.572. The summed E-state index contributed by atoms with van der Waals surface area (Å²) < 4.78 is 7.25. The van der Waals surface area contributed by atoms with Crippen molar-refractivity contribution in [3.8, 4) is 17.7 Å². The zero-order chi connectivity index (χ0) is 14.7. The van der Waals surface area contributed by atoms with Gasteiger partial charge in [-0.15, -0.1) is 10.2 Å². The Morgan fingerprint density at radius 3 is 2.71 bits per heavy atom. The zero-order valence-corrected chi connectivity index (χ0v) is 12.2. The van der Waals surface area contributed by atoms with Crippen LogP contribution in [0.2, 0.25) is 0 Å². The molecule has 0 atom stereocenters. The summed E-state index contributed by atoms with van der Waals surface area (Å²) in [5.41, 5.74) is 1.81. The number of rotatable bonds is 4. The van der Waals surface area contributed by atoms with Gasteiger partial charge in [-0.25, -0.2) is 0 Å². The first-order chi connectivity index (χ1) is 10.3. The molecular weight excluding hydrogens is 284 g/mol. The van der Waals surface area contributed by atoms with Gasteiger partial charge in [0.1, 0.15) is 0 Å². The van der Waals surface area contributed by atoms with Crippen molar-refractivity contribution in [3.63, 3.8) is 0 Å². The normalized spacial score (nSPS) is 10.5. The summed E-state index contributed by atoms with van der Waals surface area (Å²) in [6.07, 6.45) is 1.62. The molecule has 1 aromatic carbocycles. The van der Waals surface area contributed by atoms with Gasteiger partial charge in [0, 0.05) is 12.8 Å². The van der Waals surface area contributed by atoms with Crippen LogP contribution >= 0.6 is 11.8 Å². The molecule has 0 saturated heterocycles. The van der Waals surface area contributed by atoms with Crippen LogP contribution in [-0.4, -0.2) is 14.8 Å². The van der Waals surface area contributed by atoms with Crippen LogP contribution in [-0.2, 0) is 12.8 Å². The maximum Gasteiger partial charge on any atom is 0.200 e. The number of nitriles is 1. The maximum atomic E-state index is 8.78. The molecule has 6 heteroatoms. The fraction of sp³-hybridized carbons (Fsp3) is 0.133.